The van der Waals surface area contributed by atoms with Gasteiger partial charge in [0.25, 0.3) is 10.0 Å². The molecule has 1 aromatic heterocycles. The predicted octanol–water partition coefficient (Wildman–Crippen LogP) is 2.27. The van der Waals surface area contributed by atoms with Crippen molar-refractivity contribution in [1.82, 2.24) is 0 Å². The summed E-state index contributed by atoms with van der Waals surface area (Å²) in [7, 11) is -3.84. The number of nitrogen functional groups attached to an aromatic ring is 1. The standard InChI is InChI=1S/C10H9FN2O2S2/c11-7-1-2-9(12)10(5-7)17(14,15)13-8-3-4-16-6-8/h1-6,13H,12H2. The molecule has 4 nitrogen and oxygen atoms in total. The monoisotopic (exact) mass is 272 g/mol. The third-order valence-corrected chi connectivity index (χ3v) is 4.16. The molecule has 3 N–H and O–H groups in total. The minimum absolute atomic E-state index is 0.00845. The summed E-state index contributed by atoms with van der Waals surface area (Å²) in [6, 6.07) is 4.83. The van der Waals surface area contributed by atoms with Crippen molar-refractivity contribution in [2.24, 2.45) is 0 Å². The first-order valence-electron chi connectivity index (χ1n) is 4.59. The second-order valence-electron chi connectivity index (χ2n) is 3.30. The van der Waals surface area contributed by atoms with Crippen LogP contribution in [0.5, 0.6) is 0 Å². The first kappa shape index (κ1) is 11.9. The van der Waals surface area contributed by atoms with Crippen molar-refractivity contribution in [2.75, 3.05) is 10.5 Å². The van der Waals surface area contributed by atoms with E-state index in [2.05, 4.69) is 4.72 Å². The number of rotatable bonds is 3. The van der Waals surface area contributed by atoms with Gasteiger partial charge in [-0.3, -0.25) is 4.72 Å². The van der Waals surface area contributed by atoms with Gasteiger partial charge in [-0.2, -0.15) is 11.3 Å². The summed E-state index contributed by atoms with van der Waals surface area (Å²) in [5.74, 6) is -0.648. The summed E-state index contributed by atoms with van der Waals surface area (Å²) in [6.45, 7) is 0. The molecule has 2 rings (SSSR count). The summed E-state index contributed by atoms with van der Waals surface area (Å²) in [6.07, 6.45) is 0. The van der Waals surface area contributed by atoms with E-state index in [-0.39, 0.29) is 10.6 Å². The van der Waals surface area contributed by atoms with Gasteiger partial charge in [0, 0.05) is 5.38 Å². The van der Waals surface area contributed by atoms with Gasteiger partial charge in [-0.15, -0.1) is 0 Å². The Kier molecular flexibility index (Phi) is 3.03. The highest BCUT2D eigenvalue weighted by atomic mass is 32.2. The molecule has 0 radical (unpaired) electrons. The van der Waals surface area contributed by atoms with Crippen LogP contribution in [-0.2, 0) is 10.0 Å². The van der Waals surface area contributed by atoms with Crippen molar-refractivity contribution in [3.8, 4) is 0 Å². The number of thiophene rings is 1. The number of sulfonamides is 1. The van der Waals surface area contributed by atoms with Crippen LogP contribution in [0.3, 0.4) is 0 Å². The Hall–Kier alpha value is -1.60. The minimum atomic E-state index is -3.84. The second-order valence-corrected chi connectivity index (χ2v) is 5.73. The van der Waals surface area contributed by atoms with Gasteiger partial charge >= 0.3 is 0 Å². The number of nitrogens with two attached hydrogens (primary N) is 1. The lowest BCUT2D eigenvalue weighted by atomic mass is 10.3. The van der Waals surface area contributed by atoms with E-state index in [1.807, 2.05) is 0 Å². The molecule has 0 saturated heterocycles. The maximum Gasteiger partial charge on any atom is 0.264 e. The topological polar surface area (TPSA) is 72.2 Å². The van der Waals surface area contributed by atoms with E-state index in [0.29, 0.717) is 5.69 Å². The van der Waals surface area contributed by atoms with Gasteiger partial charge in [0.05, 0.1) is 11.4 Å². The zero-order chi connectivity index (χ0) is 12.5. The molecule has 0 amide bonds. The number of anilines is 2. The SMILES string of the molecule is Nc1ccc(F)cc1S(=O)(=O)Nc1ccsc1. The fourth-order valence-electron chi connectivity index (χ4n) is 1.27. The van der Waals surface area contributed by atoms with Gasteiger partial charge in [-0.25, -0.2) is 12.8 Å². The van der Waals surface area contributed by atoms with Crippen LogP contribution in [-0.4, -0.2) is 8.42 Å². The van der Waals surface area contributed by atoms with E-state index in [0.717, 1.165) is 12.1 Å². The van der Waals surface area contributed by atoms with E-state index in [1.165, 1.54) is 17.4 Å². The Morgan fingerprint density at radius 3 is 2.71 bits per heavy atom. The van der Waals surface area contributed by atoms with Gasteiger partial charge < -0.3 is 5.73 Å². The van der Waals surface area contributed by atoms with Crippen LogP contribution in [0.25, 0.3) is 0 Å². The molecule has 90 valence electrons. The van der Waals surface area contributed by atoms with E-state index < -0.39 is 15.8 Å². The highest BCUT2D eigenvalue weighted by molar-refractivity contribution is 7.92. The van der Waals surface area contributed by atoms with Crippen molar-refractivity contribution < 1.29 is 12.8 Å². The van der Waals surface area contributed by atoms with Crippen molar-refractivity contribution >= 4 is 32.7 Å². The van der Waals surface area contributed by atoms with Crippen LogP contribution in [0.1, 0.15) is 0 Å². The van der Waals surface area contributed by atoms with Crippen LogP contribution in [0.15, 0.2) is 39.9 Å². The summed E-state index contributed by atoms with van der Waals surface area (Å²) in [4.78, 5) is -0.260. The number of halogens is 1. The smallest absolute Gasteiger partial charge is 0.264 e. The molecule has 2 aromatic rings. The number of hydrogen-bond acceptors (Lipinski definition) is 4. The second kappa shape index (κ2) is 4.34. The highest BCUT2D eigenvalue weighted by Gasteiger charge is 2.18. The zero-order valence-corrected chi connectivity index (χ0v) is 10.2. The fourth-order valence-corrected chi connectivity index (χ4v) is 3.13. The molecule has 0 fully saturated rings. The lowest BCUT2D eigenvalue weighted by molar-refractivity contribution is 0.596. The molecule has 0 bridgehead atoms. The van der Waals surface area contributed by atoms with Crippen molar-refractivity contribution in [1.29, 1.82) is 0 Å². The van der Waals surface area contributed by atoms with Crippen LogP contribution >= 0.6 is 11.3 Å². The average molecular weight is 272 g/mol. The lowest BCUT2D eigenvalue weighted by Gasteiger charge is -2.08. The molecule has 0 saturated carbocycles. The average Bonchev–Trinajstić information content (AvgIpc) is 2.73. The third kappa shape index (κ3) is 2.56. The van der Waals surface area contributed by atoms with Crippen LogP contribution < -0.4 is 10.5 Å². The quantitative estimate of drug-likeness (QED) is 0.842. The fraction of sp³-hybridized carbons (Fsp3) is 0. The van der Waals surface area contributed by atoms with E-state index in [9.17, 15) is 12.8 Å². The Balaban J connectivity index is 2.41. The predicted molar refractivity (Wildman–Crippen MR) is 65.9 cm³/mol. The number of hydrogen-bond donors (Lipinski definition) is 2. The lowest BCUT2D eigenvalue weighted by Crippen LogP contribution is -2.14. The van der Waals surface area contributed by atoms with Crippen molar-refractivity contribution in [2.45, 2.75) is 4.90 Å². The van der Waals surface area contributed by atoms with E-state index >= 15 is 0 Å². The van der Waals surface area contributed by atoms with E-state index in [4.69, 9.17) is 5.73 Å². The maximum absolute atomic E-state index is 13.0. The highest BCUT2D eigenvalue weighted by Crippen LogP contribution is 2.23. The Labute approximate surface area is 102 Å². The van der Waals surface area contributed by atoms with E-state index in [1.54, 1.807) is 16.8 Å². The maximum atomic E-state index is 13.0. The molecular formula is C10H9FN2O2S2. The third-order valence-electron chi connectivity index (χ3n) is 2.04. The van der Waals surface area contributed by atoms with Gasteiger partial charge in [0.15, 0.2) is 0 Å². The molecule has 1 heterocycles. The first-order chi connectivity index (χ1) is 7.99. The Morgan fingerprint density at radius 1 is 1.29 bits per heavy atom. The minimum Gasteiger partial charge on any atom is -0.398 e. The number of benzene rings is 1. The number of nitrogens with one attached hydrogen (secondary N) is 1. The normalized spacial score (nSPS) is 11.4. The van der Waals surface area contributed by atoms with Crippen LogP contribution in [0.4, 0.5) is 15.8 Å². The molecule has 17 heavy (non-hydrogen) atoms. The van der Waals surface area contributed by atoms with Gasteiger partial charge in [-0.05, 0) is 29.6 Å². The summed E-state index contributed by atoms with van der Waals surface area (Å²) in [5.41, 5.74) is 5.96. The van der Waals surface area contributed by atoms with Crippen molar-refractivity contribution in [3.63, 3.8) is 0 Å². The molecule has 0 spiro atoms. The molecule has 0 aliphatic heterocycles. The summed E-state index contributed by atoms with van der Waals surface area (Å²) >= 11 is 1.35. The zero-order valence-electron chi connectivity index (χ0n) is 8.55. The Morgan fingerprint density at radius 2 is 2.06 bits per heavy atom. The first-order valence-corrected chi connectivity index (χ1v) is 7.02. The molecule has 0 unspecified atom stereocenters. The van der Waals surface area contributed by atoms with Crippen LogP contribution in [0, 0.1) is 5.82 Å². The summed E-state index contributed by atoms with van der Waals surface area (Å²) in [5, 5.41) is 3.36. The largest absolute Gasteiger partial charge is 0.398 e. The van der Waals surface area contributed by atoms with Gasteiger partial charge in [-0.1, -0.05) is 0 Å². The molecule has 1 aromatic carbocycles. The van der Waals surface area contributed by atoms with Crippen LogP contribution in [0.2, 0.25) is 0 Å². The van der Waals surface area contributed by atoms with Gasteiger partial charge in [0.1, 0.15) is 10.7 Å². The molecule has 0 aliphatic carbocycles. The Bertz CT molecular complexity index is 624. The van der Waals surface area contributed by atoms with Gasteiger partial charge in [0.2, 0.25) is 0 Å². The molecular weight excluding hydrogens is 263 g/mol. The molecule has 0 atom stereocenters. The molecule has 0 aliphatic rings. The van der Waals surface area contributed by atoms with Crippen molar-refractivity contribution in [3.05, 3.63) is 40.8 Å². The summed E-state index contributed by atoms with van der Waals surface area (Å²) < 4.78 is 39.2. The molecule has 7 heteroatoms.